The maximum Gasteiger partial charge on any atom is 0.350 e. The van der Waals surface area contributed by atoms with E-state index >= 15 is 0 Å². The average molecular weight is 495 g/mol. The molecular formula is C25H22N2O7S. The van der Waals surface area contributed by atoms with Gasteiger partial charge in [0.05, 0.1) is 31.5 Å². The molecule has 1 saturated heterocycles. The molecule has 180 valence electrons. The molecule has 1 fully saturated rings. The summed E-state index contributed by atoms with van der Waals surface area (Å²) in [6, 6.07) is 9.83. The van der Waals surface area contributed by atoms with E-state index in [2.05, 4.69) is 4.98 Å². The molecule has 9 nitrogen and oxygen atoms in total. The number of phenols is 1. The van der Waals surface area contributed by atoms with Gasteiger partial charge in [0.2, 0.25) is 0 Å². The molecule has 1 atom stereocenters. The van der Waals surface area contributed by atoms with Crippen molar-refractivity contribution in [1.82, 2.24) is 4.98 Å². The first-order chi connectivity index (χ1) is 16.7. The molecule has 2 N–H and O–H groups in total. The molecule has 1 aliphatic heterocycles. The smallest absolute Gasteiger partial charge is 0.350 e. The van der Waals surface area contributed by atoms with Crippen molar-refractivity contribution >= 4 is 39.9 Å². The lowest BCUT2D eigenvalue weighted by Crippen LogP contribution is -2.29. The van der Waals surface area contributed by atoms with Gasteiger partial charge in [-0.3, -0.25) is 14.5 Å². The van der Waals surface area contributed by atoms with Crippen LogP contribution in [0, 0.1) is 13.8 Å². The van der Waals surface area contributed by atoms with Crippen molar-refractivity contribution in [2.45, 2.75) is 19.9 Å². The molecule has 1 aromatic heterocycles. The van der Waals surface area contributed by atoms with Crippen LogP contribution in [-0.4, -0.2) is 47.1 Å². The summed E-state index contributed by atoms with van der Waals surface area (Å²) < 4.78 is 10.0. The van der Waals surface area contributed by atoms with Gasteiger partial charge in [0.25, 0.3) is 5.78 Å². The number of aryl methyl sites for hydroxylation is 2. The lowest BCUT2D eigenvalue weighted by molar-refractivity contribution is -0.132. The Hall–Kier alpha value is -4.18. The van der Waals surface area contributed by atoms with Crippen LogP contribution in [0.4, 0.5) is 5.13 Å². The minimum absolute atomic E-state index is 0.00484. The summed E-state index contributed by atoms with van der Waals surface area (Å²) in [6.07, 6.45) is 0. The van der Waals surface area contributed by atoms with Gasteiger partial charge in [-0.2, -0.15) is 0 Å². The molecule has 0 spiro atoms. The zero-order valence-corrected chi connectivity index (χ0v) is 20.2. The van der Waals surface area contributed by atoms with Crippen molar-refractivity contribution in [3.8, 4) is 11.5 Å². The predicted molar refractivity (Wildman–Crippen MR) is 129 cm³/mol. The van der Waals surface area contributed by atoms with Crippen LogP contribution in [0.15, 0.2) is 48.0 Å². The van der Waals surface area contributed by atoms with Crippen LogP contribution >= 0.6 is 11.3 Å². The number of aromatic nitrogens is 1. The molecule has 3 aromatic rings. The van der Waals surface area contributed by atoms with E-state index in [9.17, 15) is 24.6 Å². The van der Waals surface area contributed by atoms with E-state index in [0.717, 1.165) is 16.2 Å². The van der Waals surface area contributed by atoms with E-state index in [-0.39, 0.29) is 27.1 Å². The van der Waals surface area contributed by atoms with Crippen LogP contribution in [0.1, 0.15) is 38.1 Å². The highest BCUT2D eigenvalue weighted by Gasteiger charge is 2.48. The number of Topliss-reactive ketones (excluding diaryl/α,β-unsaturated/α-hetero) is 1. The minimum atomic E-state index is -1.05. The van der Waals surface area contributed by atoms with Gasteiger partial charge in [-0.15, -0.1) is 0 Å². The van der Waals surface area contributed by atoms with Gasteiger partial charge in [0.15, 0.2) is 5.13 Å². The van der Waals surface area contributed by atoms with Gasteiger partial charge >= 0.3 is 11.9 Å². The van der Waals surface area contributed by atoms with Crippen molar-refractivity contribution in [2.75, 3.05) is 19.1 Å². The second-order valence-corrected chi connectivity index (χ2v) is 8.82. The summed E-state index contributed by atoms with van der Waals surface area (Å²) >= 11 is 0.912. The number of nitrogens with zero attached hydrogens (tertiary/aromatic N) is 2. The van der Waals surface area contributed by atoms with Gasteiger partial charge < -0.3 is 19.7 Å². The van der Waals surface area contributed by atoms with Crippen molar-refractivity contribution in [1.29, 1.82) is 0 Å². The number of carbonyl (C=O) groups is 3. The molecule has 0 bridgehead atoms. The van der Waals surface area contributed by atoms with Crippen molar-refractivity contribution in [2.24, 2.45) is 0 Å². The van der Waals surface area contributed by atoms with Gasteiger partial charge in [0, 0.05) is 5.56 Å². The number of ketones is 1. The number of esters is 1. The Balaban J connectivity index is 1.94. The normalized spacial score (nSPS) is 17.0. The number of thiazole rings is 1. The molecule has 0 saturated carbocycles. The van der Waals surface area contributed by atoms with Gasteiger partial charge in [-0.1, -0.05) is 23.5 Å². The summed E-state index contributed by atoms with van der Waals surface area (Å²) in [5.74, 6) is -2.20. The quantitative estimate of drug-likeness (QED) is 0.237. The summed E-state index contributed by atoms with van der Waals surface area (Å²) in [5.41, 5.74) is 1.66. The fourth-order valence-electron chi connectivity index (χ4n) is 3.94. The molecule has 0 aliphatic carbocycles. The number of carbonyl (C=O) groups excluding carboxylic acids is 3. The topological polar surface area (TPSA) is 126 Å². The number of anilines is 1. The van der Waals surface area contributed by atoms with Gasteiger partial charge in [0.1, 0.15) is 22.1 Å². The highest BCUT2D eigenvalue weighted by Crippen LogP contribution is 2.44. The third-order valence-electron chi connectivity index (χ3n) is 5.70. The number of aromatic hydroxyl groups is 1. The zero-order valence-electron chi connectivity index (χ0n) is 19.4. The van der Waals surface area contributed by atoms with Crippen molar-refractivity contribution in [3.05, 3.63) is 75.3 Å². The molecule has 1 amide bonds. The first-order valence-electron chi connectivity index (χ1n) is 10.5. The van der Waals surface area contributed by atoms with Gasteiger partial charge in [-0.05, 0) is 55.3 Å². The maximum atomic E-state index is 13.3. The van der Waals surface area contributed by atoms with E-state index < -0.39 is 23.7 Å². The molecular weight excluding hydrogens is 472 g/mol. The van der Waals surface area contributed by atoms with Crippen LogP contribution < -0.4 is 9.64 Å². The van der Waals surface area contributed by atoms with Crippen molar-refractivity contribution in [3.63, 3.8) is 0 Å². The highest BCUT2D eigenvalue weighted by atomic mass is 32.1. The number of hydrogen-bond acceptors (Lipinski definition) is 9. The fourth-order valence-corrected chi connectivity index (χ4v) is 4.95. The number of amides is 1. The molecule has 0 radical (unpaired) electrons. The standard InChI is InChI=1S/C25H22N2O7S/c1-12-11-16(33-3)9-10-17(12)20(29)18-19(14-5-7-15(28)8-6-14)27(23(31)21(18)30)25-26-13(2)22(35-25)24(32)34-4/h5-11,19,28-29H,1-4H3/b20-18+/t19-/m0/s1. The summed E-state index contributed by atoms with van der Waals surface area (Å²) in [7, 11) is 2.75. The third-order valence-corrected chi connectivity index (χ3v) is 6.84. The number of methoxy groups -OCH3 is 2. The highest BCUT2D eigenvalue weighted by molar-refractivity contribution is 7.17. The Morgan fingerprint density at radius 1 is 1.09 bits per heavy atom. The number of benzene rings is 2. The molecule has 2 aromatic carbocycles. The first kappa shape index (κ1) is 24.0. The SMILES string of the molecule is COC(=O)c1sc(N2C(=O)C(=O)/C(=C(/O)c3ccc(OC)cc3C)[C@@H]2c2ccc(O)cc2)nc1C. The zero-order chi connectivity index (χ0) is 25.4. The number of rotatable bonds is 5. The number of phenolic OH excluding ortho intramolecular Hbond substituents is 1. The van der Waals surface area contributed by atoms with Crippen molar-refractivity contribution < 1.29 is 34.1 Å². The summed E-state index contributed by atoms with van der Waals surface area (Å²) in [4.78, 5) is 44.4. The molecule has 0 unspecified atom stereocenters. The largest absolute Gasteiger partial charge is 0.508 e. The molecule has 10 heteroatoms. The molecule has 2 heterocycles. The Labute approximate surface area is 204 Å². The summed E-state index contributed by atoms with van der Waals surface area (Å²) in [6.45, 7) is 3.34. The predicted octanol–water partition coefficient (Wildman–Crippen LogP) is 3.89. The number of aliphatic hydroxyl groups excluding tert-OH is 1. The third kappa shape index (κ3) is 4.12. The van der Waals surface area contributed by atoms with E-state index in [1.165, 1.54) is 26.4 Å². The Kier molecular flexibility index (Phi) is 6.31. The maximum absolute atomic E-state index is 13.3. The fraction of sp³-hybridized carbons (Fsp3) is 0.200. The molecule has 35 heavy (non-hydrogen) atoms. The van der Waals surface area contributed by atoms with Crippen LogP contribution in [-0.2, 0) is 14.3 Å². The van der Waals surface area contributed by atoms with Crippen LogP contribution in [0.5, 0.6) is 11.5 Å². The number of aliphatic hydroxyl groups is 1. The Morgan fingerprint density at radius 2 is 1.77 bits per heavy atom. The number of ether oxygens (including phenoxy) is 2. The Bertz CT molecular complexity index is 1370. The minimum Gasteiger partial charge on any atom is -0.508 e. The monoisotopic (exact) mass is 494 g/mol. The number of hydrogen-bond donors (Lipinski definition) is 2. The molecule has 4 rings (SSSR count). The van der Waals surface area contributed by atoms with Crippen LogP contribution in [0.25, 0.3) is 5.76 Å². The second-order valence-electron chi connectivity index (χ2n) is 7.84. The molecule has 1 aliphatic rings. The first-order valence-corrected chi connectivity index (χ1v) is 11.3. The van der Waals surface area contributed by atoms with E-state index in [0.29, 0.717) is 28.1 Å². The van der Waals surface area contributed by atoms with E-state index in [1.807, 2.05) is 0 Å². The van der Waals surface area contributed by atoms with Crippen LogP contribution in [0.2, 0.25) is 0 Å². The lowest BCUT2D eigenvalue weighted by Gasteiger charge is -2.23. The second kappa shape index (κ2) is 9.22. The van der Waals surface area contributed by atoms with E-state index in [4.69, 9.17) is 9.47 Å². The Morgan fingerprint density at radius 3 is 2.37 bits per heavy atom. The summed E-state index contributed by atoms with van der Waals surface area (Å²) in [5, 5.41) is 21.2. The van der Waals surface area contributed by atoms with E-state index in [1.54, 1.807) is 44.2 Å². The van der Waals surface area contributed by atoms with Gasteiger partial charge in [-0.25, -0.2) is 9.78 Å². The average Bonchev–Trinajstić information content (AvgIpc) is 3.35. The van der Waals surface area contributed by atoms with Crippen LogP contribution in [0.3, 0.4) is 0 Å². The lowest BCUT2D eigenvalue weighted by atomic mass is 9.94.